The molecule has 70 heavy (non-hydrogen) atoms. The van der Waals surface area contributed by atoms with Gasteiger partial charge in [-0.05, 0) is 32.6 Å². The number of fused-ring (bicyclic) bond motifs is 1. The van der Waals surface area contributed by atoms with Crippen LogP contribution in [0.3, 0.4) is 0 Å². The van der Waals surface area contributed by atoms with Crippen molar-refractivity contribution < 1.29 is 88.5 Å². The number of nitrogens with one attached hydrogen (secondary N) is 6. The lowest BCUT2D eigenvalue weighted by molar-refractivity contribution is -0.291. The first-order chi connectivity index (χ1) is 33.2. The van der Waals surface area contributed by atoms with E-state index in [0.717, 1.165) is 12.8 Å². The number of amides is 5. The fraction of sp³-hybridized carbons (Fsp3) is 0.756. The zero-order chi connectivity index (χ0) is 51.4. The second kappa shape index (κ2) is 25.9. The molecule has 0 saturated carbocycles. The van der Waals surface area contributed by atoms with Crippen molar-refractivity contribution in [3.63, 3.8) is 0 Å². The van der Waals surface area contributed by atoms with Gasteiger partial charge in [-0.2, -0.15) is 4.98 Å². The lowest BCUT2D eigenvalue weighted by Crippen LogP contribution is -2.65. The van der Waals surface area contributed by atoms with Gasteiger partial charge in [0.15, 0.2) is 30.0 Å². The Hall–Kier alpha value is -5.02. The summed E-state index contributed by atoms with van der Waals surface area (Å²) in [5.41, 5.74) is 4.88. The van der Waals surface area contributed by atoms with Crippen LogP contribution in [0.4, 0.5) is 5.95 Å². The second-order valence-electron chi connectivity index (χ2n) is 17.3. The molecular weight excluding hydrogens is 937 g/mol. The molecule has 1 unspecified atom stereocenters. The highest BCUT2D eigenvalue weighted by atomic mass is 16.7. The number of rotatable bonds is 24. The Labute approximate surface area is 399 Å². The molecule has 3 saturated heterocycles. The zero-order valence-corrected chi connectivity index (χ0v) is 38.8. The topological polar surface area (TPSA) is 443 Å². The minimum absolute atomic E-state index is 0.0282. The molecule has 0 aromatic carbocycles. The number of nitrogen functional groups attached to an aromatic ring is 1. The Morgan fingerprint density at radius 3 is 2.24 bits per heavy atom. The van der Waals surface area contributed by atoms with Crippen molar-refractivity contribution in [3.05, 3.63) is 16.7 Å². The standard InChI is InChI=1S/C41H66N10O19/c1-4-5-6-10-20(69-39-25(47-18(3)53)30(59)29(58)22(14-52)70-39)36(64)43-11-8-7-9-19(48-24(55)15-66-40-33(62)31(60)27(56)17(2)67-40)35(63)45-13-23(54)44-12-21-28(57)32(61)38(68-21)51-16-46-26-34(51)49-41(42)50-37(26)65/h16-17,19-22,25,27-33,38-40,52,56-62H,4-15H2,1-3H3,(H,43,64)(H,44,54)(H,45,63)(H,47,53)(H,48,55)(H3,42,49,50,65)/t17-,19-,20?,21+,22+,25+,27+,28+,29+,30+,31+,32+,33-,38+,39+,40-/m0/s1. The minimum atomic E-state index is -1.72. The summed E-state index contributed by atoms with van der Waals surface area (Å²) in [6, 6.07) is -2.59. The normalized spacial score (nSPS) is 30.8. The third-order valence-electron chi connectivity index (χ3n) is 12.0. The fourth-order valence-corrected chi connectivity index (χ4v) is 8.03. The van der Waals surface area contributed by atoms with E-state index in [1.807, 2.05) is 6.92 Å². The van der Waals surface area contributed by atoms with Gasteiger partial charge in [-0.1, -0.05) is 26.2 Å². The van der Waals surface area contributed by atoms with Crippen molar-refractivity contribution in [1.29, 1.82) is 0 Å². The van der Waals surface area contributed by atoms with E-state index in [-0.39, 0.29) is 55.9 Å². The van der Waals surface area contributed by atoms with Crippen LogP contribution >= 0.6 is 0 Å². The number of imidazole rings is 1. The summed E-state index contributed by atoms with van der Waals surface area (Å²) in [4.78, 5) is 87.5. The molecule has 0 spiro atoms. The number of ether oxygens (including phenoxy) is 5. The third kappa shape index (κ3) is 14.3. The monoisotopic (exact) mass is 1000 g/mol. The van der Waals surface area contributed by atoms with Gasteiger partial charge in [0.1, 0.15) is 79.7 Å². The first kappa shape index (κ1) is 55.9. The van der Waals surface area contributed by atoms with Crippen LogP contribution in [-0.4, -0.2) is 215 Å². The highest BCUT2D eigenvalue weighted by Gasteiger charge is 2.48. The van der Waals surface area contributed by atoms with E-state index < -0.39 is 153 Å². The number of carbonyl (C=O) groups excluding carboxylic acids is 5. The minimum Gasteiger partial charge on any atom is -0.394 e. The van der Waals surface area contributed by atoms with E-state index in [0.29, 0.717) is 6.42 Å². The van der Waals surface area contributed by atoms with Gasteiger partial charge in [0.05, 0.1) is 25.6 Å². The Bertz CT molecular complexity index is 2130. The van der Waals surface area contributed by atoms with Gasteiger partial charge in [-0.3, -0.25) is 38.3 Å². The average Bonchev–Trinajstić information content (AvgIpc) is 3.87. The summed E-state index contributed by atoms with van der Waals surface area (Å²) in [6.45, 7) is 2.14. The van der Waals surface area contributed by atoms with Crippen LogP contribution < -0.4 is 37.9 Å². The largest absolute Gasteiger partial charge is 0.394 e. The van der Waals surface area contributed by atoms with E-state index >= 15 is 0 Å². The van der Waals surface area contributed by atoms with Gasteiger partial charge in [0.25, 0.3) is 5.56 Å². The first-order valence-electron chi connectivity index (χ1n) is 23.0. The molecule has 16 N–H and O–H groups in total. The van der Waals surface area contributed by atoms with Crippen molar-refractivity contribution in [2.45, 2.75) is 164 Å². The summed E-state index contributed by atoms with van der Waals surface area (Å²) < 4.78 is 29.4. The molecular formula is C41H66N10O19. The maximum Gasteiger partial charge on any atom is 0.280 e. The molecule has 394 valence electrons. The summed E-state index contributed by atoms with van der Waals surface area (Å²) in [5.74, 6) is -3.84. The van der Waals surface area contributed by atoms with Gasteiger partial charge < -0.3 is 96.9 Å². The third-order valence-corrected chi connectivity index (χ3v) is 12.0. The van der Waals surface area contributed by atoms with Crippen molar-refractivity contribution in [3.8, 4) is 0 Å². The highest BCUT2D eigenvalue weighted by Crippen LogP contribution is 2.31. The maximum atomic E-state index is 13.5. The Balaban J connectivity index is 1.16. The number of nitrogens with zero attached hydrogens (tertiary/aromatic N) is 3. The summed E-state index contributed by atoms with van der Waals surface area (Å²) >= 11 is 0. The van der Waals surface area contributed by atoms with E-state index in [2.05, 4.69) is 41.5 Å². The zero-order valence-electron chi connectivity index (χ0n) is 38.8. The summed E-state index contributed by atoms with van der Waals surface area (Å²) in [5, 5.41) is 95.4. The highest BCUT2D eigenvalue weighted by molar-refractivity contribution is 5.90. The summed E-state index contributed by atoms with van der Waals surface area (Å²) in [6.07, 6.45) is -16.0. The predicted octanol–water partition coefficient (Wildman–Crippen LogP) is -6.92. The Kier molecular flexibility index (Phi) is 20.7. The van der Waals surface area contributed by atoms with E-state index in [1.54, 1.807) is 0 Å². The molecule has 0 bridgehead atoms. The number of aliphatic hydroxyl groups is 8. The number of nitrogens with two attached hydrogens (primary N) is 1. The molecule has 0 radical (unpaired) electrons. The van der Waals surface area contributed by atoms with E-state index in [1.165, 1.54) is 24.7 Å². The van der Waals surface area contributed by atoms with Crippen molar-refractivity contribution in [2.75, 3.05) is 38.6 Å². The number of carbonyl (C=O) groups is 5. The number of aliphatic hydroxyl groups excluding tert-OH is 8. The number of unbranched alkanes of at least 4 members (excludes halogenated alkanes) is 3. The molecule has 2 aromatic heterocycles. The molecule has 5 amide bonds. The van der Waals surface area contributed by atoms with Crippen LogP contribution in [-0.2, 0) is 47.7 Å². The Morgan fingerprint density at radius 1 is 0.829 bits per heavy atom. The van der Waals surface area contributed by atoms with Crippen molar-refractivity contribution in [1.82, 2.24) is 46.1 Å². The number of aromatic nitrogens is 4. The molecule has 5 rings (SSSR count). The fourth-order valence-electron chi connectivity index (χ4n) is 8.03. The van der Waals surface area contributed by atoms with E-state index in [4.69, 9.17) is 29.4 Å². The molecule has 16 atom stereocenters. The predicted molar refractivity (Wildman–Crippen MR) is 236 cm³/mol. The average molecular weight is 1000 g/mol. The van der Waals surface area contributed by atoms with Crippen molar-refractivity contribution in [2.24, 2.45) is 0 Å². The van der Waals surface area contributed by atoms with Crippen LogP contribution in [0.5, 0.6) is 0 Å². The molecule has 2 aromatic rings. The van der Waals surface area contributed by atoms with Crippen LogP contribution in [0.15, 0.2) is 11.1 Å². The first-order valence-corrected chi connectivity index (χ1v) is 23.0. The molecule has 3 aliphatic heterocycles. The maximum absolute atomic E-state index is 13.5. The molecule has 3 aliphatic rings. The van der Waals surface area contributed by atoms with Gasteiger partial charge in [0, 0.05) is 20.0 Å². The van der Waals surface area contributed by atoms with Gasteiger partial charge in [-0.15, -0.1) is 0 Å². The molecule has 3 fully saturated rings. The number of H-pyrrole nitrogens is 1. The molecule has 29 nitrogen and oxygen atoms in total. The van der Waals surface area contributed by atoms with Crippen molar-refractivity contribution >= 4 is 46.6 Å². The number of aromatic amines is 1. The Morgan fingerprint density at radius 2 is 1.54 bits per heavy atom. The second-order valence-corrected chi connectivity index (χ2v) is 17.3. The van der Waals surface area contributed by atoms with Gasteiger partial charge in [0.2, 0.25) is 35.5 Å². The number of hydrogen-bond acceptors (Lipinski definition) is 22. The quantitative estimate of drug-likeness (QED) is 0.0435. The molecule has 5 heterocycles. The van der Waals surface area contributed by atoms with Crippen LogP contribution in [0.1, 0.15) is 71.9 Å². The molecule has 29 heteroatoms. The van der Waals surface area contributed by atoms with Gasteiger partial charge in [-0.25, -0.2) is 4.98 Å². The van der Waals surface area contributed by atoms with Crippen LogP contribution in [0.2, 0.25) is 0 Å². The van der Waals surface area contributed by atoms with Crippen LogP contribution in [0.25, 0.3) is 11.2 Å². The summed E-state index contributed by atoms with van der Waals surface area (Å²) in [7, 11) is 0. The number of hydrogen-bond donors (Lipinski definition) is 15. The lowest BCUT2D eigenvalue weighted by Gasteiger charge is -2.43. The number of anilines is 1. The van der Waals surface area contributed by atoms with Crippen LogP contribution in [0, 0.1) is 0 Å². The van der Waals surface area contributed by atoms with Gasteiger partial charge >= 0.3 is 0 Å². The lowest BCUT2D eigenvalue weighted by atomic mass is 9.96. The smallest absolute Gasteiger partial charge is 0.280 e. The SMILES string of the molecule is CCCCCC(O[C@@H]1O[C@H](CO)[C@@H](O)[C@H](O)[C@H]1NC(C)=O)C(=O)NCCCC[C@H](NC(=O)CO[C@H]1O[C@@H](C)[C@@H](O)[C@@H](O)[C@@H]1O)C(=O)NCC(=O)NC[C@H]1O[C@@H](n2cnc3c(=O)[nH]c(N)nc32)[C@H](O)[C@@H]1O. The molecule has 0 aliphatic carbocycles. The van der Waals surface area contributed by atoms with E-state index in [9.17, 15) is 69.6 Å².